The van der Waals surface area contributed by atoms with Gasteiger partial charge in [-0.1, -0.05) is 12.8 Å². The Labute approximate surface area is 101 Å². The van der Waals surface area contributed by atoms with E-state index >= 15 is 0 Å². The van der Waals surface area contributed by atoms with Crippen molar-refractivity contribution in [2.45, 2.75) is 38.1 Å². The molecular weight excluding hydrogens is 224 g/mol. The first-order chi connectivity index (χ1) is 8.15. The lowest BCUT2D eigenvalue weighted by Crippen LogP contribution is -2.48. The molecule has 1 aliphatic heterocycles. The molecule has 1 rings (SSSR count). The molecule has 3 N–H and O–H groups in total. The number of amides is 2. The normalized spacial score (nSPS) is 18.3. The molecule has 0 aromatic rings. The van der Waals surface area contributed by atoms with E-state index in [9.17, 15) is 9.59 Å². The van der Waals surface area contributed by atoms with Crippen LogP contribution in [0.2, 0.25) is 0 Å². The summed E-state index contributed by atoms with van der Waals surface area (Å²) in [4.78, 5) is 24.3. The maximum absolute atomic E-state index is 11.8. The molecule has 98 valence electrons. The molecule has 1 aliphatic rings. The van der Waals surface area contributed by atoms with Gasteiger partial charge in [0.15, 0.2) is 0 Å². The standard InChI is InChI=1S/C11H20N2O4/c14-8-5-9(10(15)16)12-11(17)13-6-3-1-2-4-7-13/h9,14H,1-8H2,(H,12,17)(H,15,16). The fourth-order valence-corrected chi connectivity index (χ4v) is 1.90. The van der Waals surface area contributed by atoms with Crippen molar-refractivity contribution in [3.63, 3.8) is 0 Å². The third-order valence-corrected chi connectivity index (χ3v) is 2.91. The summed E-state index contributed by atoms with van der Waals surface area (Å²) in [5, 5.41) is 20.0. The van der Waals surface area contributed by atoms with Crippen LogP contribution in [0.3, 0.4) is 0 Å². The molecular formula is C11H20N2O4. The smallest absolute Gasteiger partial charge is 0.326 e. The first-order valence-corrected chi connectivity index (χ1v) is 6.04. The van der Waals surface area contributed by atoms with Gasteiger partial charge in [0.1, 0.15) is 6.04 Å². The van der Waals surface area contributed by atoms with Gasteiger partial charge in [-0.15, -0.1) is 0 Å². The van der Waals surface area contributed by atoms with Crippen LogP contribution in [0.5, 0.6) is 0 Å². The van der Waals surface area contributed by atoms with Crippen LogP contribution in [0, 0.1) is 0 Å². The molecule has 2 amide bonds. The summed E-state index contributed by atoms with van der Waals surface area (Å²) in [6, 6.07) is -1.34. The average Bonchev–Trinajstić information content (AvgIpc) is 2.56. The third kappa shape index (κ3) is 4.60. The molecule has 0 radical (unpaired) electrons. The summed E-state index contributed by atoms with van der Waals surface area (Å²) in [5.41, 5.74) is 0. The molecule has 6 nitrogen and oxygen atoms in total. The van der Waals surface area contributed by atoms with Crippen molar-refractivity contribution < 1.29 is 19.8 Å². The highest BCUT2D eigenvalue weighted by Gasteiger charge is 2.22. The van der Waals surface area contributed by atoms with Gasteiger partial charge in [-0.3, -0.25) is 0 Å². The summed E-state index contributed by atoms with van der Waals surface area (Å²) < 4.78 is 0. The Morgan fingerprint density at radius 1 is 1.18 bits per heavy atom. The Balaban J connectivity index is 2.47. The summed E-state index contributed by atoms with van der Waals surface area (Å²) in [6.07, 6.45) is 4.19. The van der Waals surface area contributed by atoms with Crippen LogP contribution in [0.4, 0.5) is 4.79 Å². The Morgan fingerprint density at radius 3 is 2.24 bits per heavy atom. The first kappa shape index (κ1) is 13.8. The number of carboxylic acid groups (broad SMARTS) is 1. The molecule has 0 aromatic heterocycles. The van der Waals surface area contributed by atoms with E-state index in [1.807, 2.05) is 0 Å². The highest BCUT2D eigenvalue weighted by atomic mass is 16.4. The molecule has 0 aromatic carbocycles. The summed E-state index contributed by atoms with van der Waals surface area (Å²) in [7, 11) is 0. The van der Waals surface area contributed by atoms with E-state index in [1.165, 1.54) is 0 Å². The number of urea groups is 1. The number of nitrogens with one attached hydrogen (secondary N) is 1. The zero-order valence-corrected chi connectivity index (χ0v) is 9.89. The zero-order chi connectivity index (χ0) is 12.7. The van der Waals surface area contributed by atoms with Crippen molar-refractivity contribution in [2.75, 3.05) is 19.7 Å². The lowest BCUT2D eigenvalue weighted by atomic mass is 10.2. The highest BCUT2D eigenvalue weighted by Crippen LogP contribution is 2.09. The second-order valence-electron chi connectivity index (χ2n) is 4.25. The predicted molar refractivity (Wildman–Crippen MR) is 61.7 cm³/mol. The largest absolute Gasteiger partial charge is 0.480 e. The lowest BCUT2D eigenvalue weighted by molar-refractivity contribution is -0.139. The van der Waals surface area contributed by atoms with E-state index in [2.05, 4.69) is 5.32 Å². The Morgan fingerprint density at radius 2 is 1.76 bits per heavy atom. The van der Waals surface area contributed by atoms with Gasteiger partial charge in [-0.05, 0) is 12.8 Å². The molecule has 17 heavy (non-hydrogen) atoms. The molecule has 1 atom stereocenters. The molecule has 1 saturated heterocycles. The predicted octanol–water partition coefficient (Wildman–Crippen LogP) is 0.408. The van der Waals surface area contributed by atoms with Gasteiger partial charge in [0.2, 0.25) is 0 Å². The number of hydrogen-bond donors (Lipinski definition) is 3. The fourth-order valence-electron chi connectivity index (χ4n) is 1.90. The van der Waals surface area contributed by atoms with Gasteiger partial charge in [0.05, 0.1) is 0 Å². The van der Waals surface area contributed by atoms with E-state index in [0.29, 0.717) is 13.1 Å². The lowest BCUT2D eigenvalue weighted by Gasteiger charge is -2.23. The molecule has 1 unspecified atom stereocenters. The number of likely N-dealkylation sites (tertiary alicyclic amines) is 1. The third-order valence-electron chi connectivity index (χ3n) is 2.91. The van der Waals surface area contributed by atoms with Gasteiger partial charge >= 0.3 is 12.0 Å². The van der Waals surface area contributed by atoms with Gasteiger partial charge in [0, 0.05) is 26.1 Å². The molecule has 0 bridgehead atoms. The summed E-state index contributed by atoms with van der Waals surface area (Å²) in [6.45, 7) is 1.10. The molecule has 6 heteroatoms. The number of rotatable bonds is 4. The van der Waals surface area contributed by atoms with Crippen LogP contribution in [0.15, 0.2) is 0 Å². The second kappa shape index (κ2) is 7.11. The van der Waals surface area contributed by atoms with Crippen molar-refractivity contribution in [3.8, 4) is 0 Å². The molecule has 0 aliphatic carbocycles. The summed E-state index contributed by atoms with van der Waals surface area (Å²) in [5.74, 6) is -1.11. The number of aliphatic hydroxyl groups is 1. The second-order valence-corrected chi connectivity index (χ2v) is 4.25. The quantitative estimate of drug-likeness (QED) is 0.668. The van der Waals surface area contributed by atoms with Crippen molar-refractivity contribution in [1.29, 1.82) is 0 Å². The number of hydrogen-bond acceptors (Lipinski definition) is 3. The average molecular weight is 244 g/mol. The van der Waals surface area contributed by atoms with E-state index in [-0.39, 0.29) is 19.1 Å². The maximum Gasteiger partial charge on any atom is 0.326 e. The van der Waals surface area contributed by atoms with Gasteiger partial charge in [-0.25, -0.2) is 9.59 Å². The number of aliphatic hydroxyl groups excluding tert-OH is 1. The van der Waals surface area contributed by atoms with Gasteiger partial charge < -0.3 is 20.4 Å². The number of carbonyl (C=O) groups is 2. The Kier molecular flexibility index (Phi) is 5.76. The maximum atomic E-state index is 11.8. The number of nitrogens with zero attached hydrogens (tertiary/aromatic N) is 1. The molecule has 1 fully saturated rings. The van der Waals surface area contributed by atoms with Gasteiger partial charge in [-0.2, -0.15) is 0 Å². The number of aliphatic carboxylic acids is 1. The summed E-state index contributed by atoms with van der Waals surface area (Å²) >= 11 is 0. The van der Waals surface area contributed by atoms with Crippen molar-refractivity contribution >= 4 is 12.0 Å². The van der Waals surface area contributed by atoms with Crippen molar-refractivity contribution in [3.05, 3.63) is 0 Å². The highest BCUT2D eigenvalue weighted by molar-refractivity contribution is 5.82. The zero-order valence-electron chi connectivity index (χ0n) is 9.89. The van der Waals surface area contributed by atoms with Crippen molar-refractivity contribution in [1.82, 2.24) is 10.2 Å². The van der Waals surface area contributed by atoms with E-state index in [0.717, 1.165) is 25.7 Å². The van der Waals surface area contributed by atoms with E-state index < -0.39 is 12.0 Å². The topological polar surface area (TPSA) is 89.9 Å². The minimum absolute atomic E-state index is 0.0366. The molecule has 0 spiro atoms. The van der Waals surface area contributed by atoms with Crippen molar-refractivity contribution in [2.24, 2.45) is 0 Å². The fraction of sp³-hybridized carbons (Fsp3) is 0.818. The Hall–Kier alpha value is -1.30. The van der Waals surface area contributed by atoms with Crippen LogP contribution >= 0.6 is 0 Å². The van der Waals surface area contributed by atoms with Crippen LogP contribution in [0.25, 0.3) is 0 Å². The van der Waals surface area contributed by atoms with E-state index in [1.54, 1.807) is 4.90 Å². The van der Waals surface area contributed by atoms with Crippen LogP contribution in [-0.4, -0.2) is 52.9 Å². The molecule has 1 heterocycles. The number of carbonyl (C=O) groups excluding carboxylic acids is 1. The van der Waals surface area contributed by atoms with Crippen LogP contribution in [-0.2, 0) is 4.79 Å². The first-order valence-electron chi connectivity index (χ1n) is 6.04. The van der Waals surface area contributed by atoms with Gasteiger partial charge in [0.25, 0.3) is 0 Å². The minimum Gasteiger partial charge on any atom is -0.480 e. The minimum atomic E-state index is -1.11. The molecule has 0 saturated carbocycles. The monoisotopic (exact) mass is 244 g/mol. The van der Waals surface area contributed by atoms with Crippen LogP contribution < -0.4 is 5.32 Å². The Bertz CT molecular complexity index is 262. The van der Waals surface area contributed by atoms with E-state index in [4.69, 9.17) is 10.2 Å². The SMILES string of the molecule is O=C(O)C(CCO)NC(=O)N1CCCCCC1. The van der Waals surface area contributed by atoms with Crippen LogP contribution in [0.1, 0.15) is 32.1 Å². The number of carboxylic acids is 1.